The van der Waals surface area contributed by atoms with E-state index in [2.05, 4.69) is 15.6 Å². The molecule has 0 saturated carbocycles. The van der Waals surface area contributed by atoms with Gasteiger partial charge < -0.3 is 15.7 Å². The van der Waals surface area contributed by atoms with Crippen LogP contribution in [0.4, 0.5) is 10.7 Å². The summed E-state index contributed by atoms with van der Waals surface area (Å²) in [6.07, 6.45) is 1.67. The van der Waals surface area contributed by atoms with E-state index in [4.69, 9.17) is 0 Å². The molecule has 0 aliphatic heterocycles. The molecular weight excluding hydrogens is 442 g/mol. The first-order valence-electron chi connectivity index (χ1n) is 11.5. The summed E-state index contributed by atoms with van der Waals surface area (Å²) in [4.78, 5) is 17.8. The normalized spacial score (nSPS) is 13.1. The number of nitrogens with one attached hydrogen (secondary N) is 2. The topological polar surface area (TPSA) is 73.7 Å². The molecule has 3 N–H and O–H groups in total. The van der Waals surface area contributed by atoms with Crippen LogP contribution in [-0.4, -0.2) is 17.4 Å². The Balaban J connectivity index is 1.86. The summed E-state index contributed by atoms with van der Waals surface area (Å²) in [5.41, 5.74) is 3.32. The maximum absolute atomic E-state index is 13.3. The highest BCUT2D eigenvalue weighted by molar-refractivity contribution is 7.13. The maximum Gasteiger partial charge on any atom is 0.251 e. The Bertz CT molecular complexity index is 1130. The molecule has 34 heavy (non-hydrogen) atoms. The third-order valence-electron chi connectivity index (χ3n) is 5.68. The van der Waals surface area contributed by atoms with Crippen LogP contribution in [0.15, 0.2) is 58.9 Å². The van der Waals surface area contributed by atoms with Crippen molar-refractivity contribution in [2.75, 3.05) is 5.32 Å². The van der Waals surface area contributed by atoms with Crippen molar-refractivity contribution in [1.29, 1.82) is 0 Å². The highest BCUT2D eigenvalue weighted by atomic mass is 32.1. The lowest BCUT2D eigenvalue weighted by Crippen LogP contribution is -2.28. The number of benzene rings is 2. The summed E-state index contributed by atoms with van der Waals surface area (Å²) in [6, 6.07) is 15.2. The van der Waals surface area contributed by atoms with Gasteiger partial charge in [0, 0.05) is 22.4 Å². The Hall–Kier alpha value is -3.12. The molecule has 2 aromatic carbocycles. The summed E-state index contributed by atoms with van der Waals surface area (Å²) in [7, 11) is 0. The zero-order valence-corrected chi connectivity index (χ0v) is 21.9. The van der Waals surface area contributed by atoms with Gasteiger partial charge in [-0.2, -0.15) is 0 Å². The van der Waals surface area contributed by atoms with E-state index in [9.17, 15) is 9.90 Å². The van der Waals surface area contributed by atoms with Crippen molar-refractivity contribution in [2.45, 2.75) is 65.3 Å². The van der Waals surface area contributed by atoms with Crippen molar-refractivity contribution in [2.24, 2.45) is 4.99 Å². The number of hydrogen-bond acceptors (Lipinski definition) is 4. The lowest BCUT2D eigenvalue weighted by molar-refractivity contribution is 0.0939. The van der Waals surface area contributed by atoms with Crippen LogP contribution in [0.25, 0.3) is 0 Å². The van der Waals surface area contributed by atoms with Gasteiger partial charge in [0.25, 0.3) is 5.91 Å². The van der Waals surface area contributed by atoms with Gasteiger partial charge in [-0.05, 0) is 59.0 Å². The third kappa shape index (κ3) is 6.06. The number of nitrogens with zero attached hydrogens (tertiary/aromatic N) is 1. The number of aromatic hydroxyl groups is 1. The van der Waals surface area contributed by atoms with Crippen LogP contribution in [-0.2, 0) is 10.8 Å². The van der Waals surface area contributed by atoms with Crippen molar-refractivity contribution in [3.8, 4) is 5.75 Å². The van der Waals surface area contributed by atoms with Gasteiger partial charge in [0.1, 0.15) is 10.8 Å². The van der Waals surface area contributed by atoms with Crippen molar-refractivity contribution < 1.29 is 9.90 Å². The van der Waals surface area contributed by atoms with E-state index in [0.29, 0.717) is 5.56 Å². The standard InChI is InChI=1S/C28H35N3O2S/c1-18(20-11-8-9-12-23(20)29-17-30-24-13-10-14-34-24)31-26(33)19-15-21(27(2,3)4)25(32)22(16-19)28(5,6)7/h8-18,32H,1-7H3,(H,29,30)(H,31,33). The Morgan fingerprint density at radius 1 is 1.00 bits per heavy atom. The van der Waals surface area contributed by atoms with Crippen LogP contribution in [0, 0.1) is 0 Å². The van der Waals surface area contributed by atoms with Gasteiger partial charge >= 0.3 is 0 Å². The predicted molar refractivity (Wildman–Crippen MR) is 144 cm³/mol. The Labute approximate surface area is 207 Å². The zero-order valence-electron chi connectivity index (χ0n) is 21.1. The average Bonchev–Trinajstić information content (AvgIpc) is 3.26. The number of para-hydroxylation sites is 1. The summed E-state index contributed by atoms with van der Waals surface area (Å²) in [5, 5.41) is 20.2. The number of carbonyl (C=O) groups is 1. The van der Waals surface area contributed by atoms with E-state index in [1.54, 1.807) is 17.7 Å². The third-order valence-corrected chi connectivity index (χ3v) is 6.46. The van der Waals surface area contributed by atoms with E-state index in [0.717, 1.165) is 27.4 Å². The molecule has 0 aliphatic carbocycles. The molecule has 6 heteroatoms. The van der Waals surface area contributed by atoms with Crippen molar-refractivity contribution in [3.63, 3.8) is 0 Å². The summed E-state index contributed by atoms with van der Waals surface area (Å²) in [5.74, 6) is 0.0923. The van der Waals surface area contributed by atoms with Gasteiger partial charge in [-0.15, -0.1) is 11.3 Å². The molecule has 3 rings (SSSR count). The summed E-state index contributed by atoms with van der Waals surface area (Å²) < 4.78 is 0. The quantitative estimate of drug-likeness (QED) is 0.257. The van der Waals surface area contributed by atoms with Gasteiger partial charge in [-0.1, -0.05) is 59.7 Å². The number of thiophene rings is 1. The Kier molecular flexibility index (Phi) is 7.51. The molecule has 0 saturated heterocycles. The van der Waals surface area contributed by atoms with E-state index < -0.39 is 0 Å². The fraction of sp³-hybridized carbons (Fsp3) is 0.357. The number of amides is 1. The molecule has 1 heterocycles. The Morgan fingerprint density at radius 3 is 2.18 bits per heavy atom. The van der Waals surface area contributed by atoms with Crippen molar-refractivity contribution in [1.82, 2.24) is 5.32 Å². The lowest BCUT2D eigenvalue weighted by atomic mass is 9.78. The molecular formula is C28H35N3O2S. The monoisotopic (exact) mass is 477 g/mol. The van der Waals surface area contributed by atoms with Crippen LogP contribution in [0.3, 0.4) is 0 Å². The second-order valence-corrected chi connectivity index (χ2v) is 11.5. The fourth-order valence-electron chi connectivity index (χ4n) is 3.78. The Morgan fingerprint density at radius 2 is 1.62 bits per heavy atom. The molecule has 0 spiro atoms. The lowest BCUT2D eigenvalue weighted by Gasteiger charge is -2.28. The summed E-state index contributed by atoms with van der Waals surface area (Å²) in [6.45, 7) is 14.2. The van der Waals surface area contributed by atoms with Crippen LogP contribution in [0.2, 0.25) is 0 Å². The van der Waals surface area contributed by atoms with Gasteiger partial charge in [-0.25, -0.2) is 4.99 Å². The first kappa shape index (κ1) is 25.5. The molecule has 0 aliphatic rings. The minimum absolute atomic E-state index is 0.175. The SMILES string of the molecule is CC(NC(=O)c1cc(C(C)(C)C)c(O)c(C(C)(C)C)c1)c1ccccc1N/C=N/c1cccs1. The maximum atomic E-state index is 13.3. The molecule has 1 amide bonds. The smallest absolute Gasteiger partial charge is 0.251 e. The average molecular weight is 478 g/mol. The minimum atomic E-state index is -0.301. The number of anilines is 1. The predicted octanol–water partition coefficient (Wildman–Crippen LogP) is 7.31. The van der Waals surface area contributed by atoms with Crippen LogP contribution >= 0.6 is 11.3 Å². The largest absolute Gasteiger partial charge is 0.507 e. The van der Waals surface area contributed by atoms with Crippen LogP contribution in [0.1, 0.15) is 81.6 Å². The number of phenolic OH excluding ortho intramolecular Hbond substituents is 1. The van der Waals surface area contributed by atoms with Gasteiger partial charge in [0.2, 0.25) is 0 Å². The van der Waals surface area contributed by atoms with E-state index in [1.807, 2.05) is 102 Å². The number of hydrogen-bond donors (Lipinski definition) is 3. The highest BCUT2D eigenvalue weighted by Crippen LogP contribution is 2.40. The molecule has 0 bridgehead atoms. The number of aliphatic imine (C=N–C) groups is 1. The second-order valence-electron chi connectivity index (χ2n) is 10.6. The van der Waals surface area contributed by atoms with Crippen LogP contribution in [0.5, 0.6) is 5.75 Å². The molecule has 180 valence electrons. The van der Waals surface area contributed by atoms with Crippen LogP contribution < -0.4 is 10.6 Å². The number of carbonyl (C=O) groups excluding carboxylic acids is 1. The molecule has 3 aromatic rings. The number of rotatable bonds is 6. The van der Waals surface area contributed by atoms with Crippen molar-refractivity contribution >= 4 is 34.3 Å². The van der Waals surface area contributed by atoms with Crippen molar-refractivity contribution in [3.05, 3.63) is 76.2 Å². The molecule has 0 radical (unpaired) electrons. The van der Waals surface area contributed by atoms with E-state index in [1.165, 1.54) is 0 Å². The zero-order chi connectivity index (χ0) is 25.1. The van der Waals surface area contributed by atoms with E-state index in [-0.39, 0.29) is 28.5 Å². The molecule has 1 unspecified atom stereocenters. The molecule has 0 fully saturated rings. The molecule has 1 aromatic heterocycles. The fourth-order valence-corrected chi connectivity index (χ4v) is 4.35. The van der Waals surface area contributed by atoms with E-state index >= 15 is 0 Å². The molecule has 1 atom stereocenters. The first-order chi connectivity index (χ1) is 15.9. The first-order valence-corrected chi connectivity index (χ1v) is 12.4. The van der Waals surface area contributed by atoms with Gasteiger partial charge in [-0.3, -0.25) is 4.79 Å². The molecule has 5 nitrogen and oxygen atoms in total. The second kappa shape index (κ2) is 10.0. The highest BCUT2D eigenvalue weighted by Gasteiger charge is 2.28. The van der Waals surface area contributed by atoms with Gasteiger partial charge in [0.05, 0.1) is 12.4 Å². The van der Waals surface area contributed by atoms with Gasteiger partial charge in [0.15, 0.2) is 0 Å². The summed E-state index contributed by atoms with van der Waals surface area (Å²) >= 11 is 1.57. The minimum Gasteiger partial charge on any atom is -0.507 e. The number of phenols is 1.